The van der Waals surface area contributed by atoms with Gasteiger partial charge in [0.05, 0.1) is 17.0 Å². The summed E-state index contributed by atoms with van der Waals surface area (Å²) in [6.07, 6.45) is -4.57. The molecule has 0 unspecified atom stereocenters. The molecule has 8 heteroatoms. The predicted octanol–water partition coefficient (Wildman–Crippen LogP) is 2.87. The van der Waals surface area contributed by atoms with Crippen LogP contribution in [0.1, 0.15) is 15.9 Å². The van der Waals surface area contributed by atoms with Gasteiger partial charge in [-0.05, 0) is 24.3 Å². The molecule has 2 aromatic rings. The zero-order valence-electron chi connectivity index (χ0n) is 11.7. The number of rotatable bonds is 5. The van der Waals surface area contributed by atoms with E-state index in [1.807, 2.05) is 0 Å². The molecule has 0 saturated heterocycles. The second-order valence-electron chi connectivity index (χ2n) is 4.64. The summed E-state index contributed by atoms with van der Waals surface area (Å²) in [6, 6.07) is 11.2. The van der Waals surface area contributed by atoms with Crippen LogP contribution in [0.5, 0.6) is 0 Å². The number of carbonyl (C=O) groups excluding carboxylic acids is 1. The highest BCUT2D eigenvalue weighted by molar-refractivity contribution is 7.89. The van der Waals surface area contributed by atoms with Gasteiger partial charge < -0.3 is 0 Å². The van der Waals surface area contributed by atoms with Crippen LogP contribution in [0.4, 0.5) is 13.2 Å². The lowest BCUT2D eigenvalue weighted by Gasteiger charge is -2.09. The number of hydrogen-bond acceptors (Lipinski definition) is 3. The van der Waals surface area contributed by atoms with Crippen molar-refractivity contribution in [2.24, 2.45) is 0 Å². The van der Waals surface area contributed by atoms with Crippen molar-refractivity contribution in [2.75, 3.05) is 6.54 Å². The molecule has 0 aliphatic heterocycles. The van der Waals surface area contributed by atoms with Crippen molar-refractivity contribution in [3.63, 3.8) is 0 Å². The van der Waals surface area contributed by atoms with Crippen molar-refractivity contribution in [1.29, 1.82) is 0 Å². The summed E-state index contributed by atoms with van der Waals surface area (Å²) in [5, 5.41) is 0. The van der Waals surface area contributed by atoms with E-state index in [1.165, 1.54) is 30.3 Å². The molecule has 1 N–H and O–H groups in total. The fourth-order valence-electron chi connectivity index (χ4n) is 1.81. The Morgan fingerprint density at radius 1 is 1.00 bits per heavy atom. The van der Waals surface area contributed by atoms with E-state index in [4.69, 9.17) is 0 Å². The first-order valence-electron chi connectivity index (χ1n) is 6.45. The van der Waals surface area contributed by atoms with Gasteiger partial charge in [-0.1, -0.05) is 30.3 Å². The molecule has 0 radical (unpaired) electrons. The van der Waals surface area contributed by atoms with Crippen molar-refractivity contribution in [1.82, 2.24) is 4.72 Å². The SMILES string of the molecule is O=C(CNS(=O)(=O)c1ccccc1)c1cccc(C(F)(F)F)c1. The van der Waals surface area contributed by atoms with E-state index in [1.54, 1.807) is 6.07 Å². The Morgan fingerprint density at radius 3 is 2.26 bits per heavy atom. The summed E-state index contributed by atoms with van der Waals surface area (Å²) in [7, 11) is -3.89. The third kappa shape index (κ3) is 4.40. The summed E-state index contributed by atoms with van der Waals surface area (Å²) in [6.45, 7) is -0.626. The van der Waals surface area contributed by atoms with Gasteiger partial charge in [-0.25, -0.2) is 13.1 Å². The summed E-state index contributed by atoms with van der Waals surface area (Å²) in [5.74, 6) is -0.754. The Kier molecular flexibility index (Phi) is 4.86. The van der Waals surface area contributed by atoms with E-state index in [0.29, 0.717) is 6.07 Å². The molecule has 2 aromatic carbocycles. The minimum absolute atomic E-state index is 0.0307. The Bertz CT molecular complexity index is 802. The highest BCUT2D eigenvalue weighted by Crippen LogP contribution is 2.29. The molecule has 0 atom stereocenters. The first-order chi connectivity index (χ1) is 10.7. The van der Waals surface area contributed by atoms with Gasteiger partial charge in [0.15, 0.2) is 5.78 Å². The van der Waals surface area contributed by atoms with Gasteiger partial charge in [-0.15, -0.1) is 0 Å². The highest BCUT2D eigenvalue weighted by Gasteiger charge is 2.30. The van der Waals surface area contributed by atoms with E-state index < -0.39 is 34.1 Å². The average molecular weight is 343 g/mol. The number of alkyl halides is 3. The molecular formula is C15H12F3NO3S. The minimum atomic E-state index is -4.57. The largest absolute Gasteiger partial charge is 0.416 e. The first kappa shape index (κ1) is 17.2. The Hall–Kier alpha value is -2.19. The topological polar surface area (TPSA) is 63.2 Å². The van der Waals surface area contributed by atoms with Crippen LogP contribution in [0.2, 0.25) is 0 Å². The number of halogens is 3. The van der Waals surface area contributed by atoms with Crippen LogP contribution in [-0.4, -0.2) is 20.7 Å². The van der Waals surface area contributed by atoms with Gasteiger partial charge in [0.1, 0.15) is 0 Å². The first-order valence-corrected chi connectivity index (χ1v) is 7.93. The van der Waals surface area contributed by atoms with Gasteiger partial charge in [0, 0.05) is 5.56 Å². The summed E-state index contributed by atoms with van der Waals surface area (Å²) in [5.41, 5.74) is -1.18. The molecule has 4 nitrogen and oxygen atoms in total. The van der Waals surface area contributed by atoms with Crippen LogP contribution in [-0.2, 0) is 16.2 Å². The van der Waals surface area contributed by atoms with Crippen LogP contribution in [0.3, 0.4) is 0 Å². The lowest BCUT2D eigenvalue weighted by Crippen LogP contribution is -2.29. The number of benzene rings is 2. The van der Waals surface area contributed by atoms with Crippen molar-refractivity contribution in [3.05, 3.63) is 65.7 Å². The van der Waals surface area contributed by atoms with Crippen molar-refractivity contribution >= 4 is 15.8 Å². The van der Waals surface area contributed by atoms with E-state index in [2.05, 4.69) is 4.72 Å². The molecule has 122 valence electrons. The zero-order chi connectivity index (χ0) is 17.1. The zero-order valence-corrected chi connectivity index (χ0v) is 12.5. The quantitative estimate of drug-likeness (QED) is 0.849. The summed E-state index contributed by atoms with van der Waals surface area (Å²) >= 11 is 0. The molecule has 0 saturated carbocycles. The van der Waals surface area contributed by atoms with Crippen molar-refractivity contribution in [3.8, 4) is 0 Å². The van der Waals surface area contributed by atoms with Gasteiger partial charge >= 0.3 is 6.18 Å². The molecule has 0 bridgehead atoms. The Morgan fingerprint density at radius 2 is 1.65 bits per heavy atom. The maximum atomic E-state index is 12.6. The third-order valence-corrected chi connectivity index (χ3v) is 4.41. The van der Waals surface area contributed by atoms with E-state index >= 15 is 0 Å². The molecule has 0 aromatic heterocycles. The lowest BCUT2D eigenvalue weighted by atomic mass is 10.1. The monoisotopic (exact) mass is 343 g/mol. The molecule has 0 heterocycles. The number of nitrogens with one attached hydrogen (secondary N) is 1. The normalized spacial score (nSPS) is 12.1. The second-order valence-corrected chi connectivity index (χ2v) is 6.41. The van der Waals surface area contributed by atoms with E-state index in [9.17, 15) is 26.4 Å². The lowest BCUT2D eigenvalue weighted by molar-refractivity contribution is -0.137. The molecule has 2 rings (SSSR count). The summed E-state index contributed by atoms with van der Waals surface area (Å²) < 4.78 is 63.8. The molecule has 23 heavy (non-hydrogen) atoms. The van der Waals surface area contributed by atoms with Crippen molar-refractivity contribution < 1.29 is 26.4 Å². The maximum Gasteiger partial charge on any atom is 0.416 e. The van der Waals surface area contributed by atoms with Crippen LogP contribution in [0, 0.1) is 0 Å². The third-order valence-electron chi connectivity index (χ3n) is 2.99. The predicted molar refractivity (Wildman–Crippen MR) is 77.4 cm³/mol. The van der Waals surface area contributed by atoms with Crippen LogP contribution >= 0.6 is 0 Å². The van der Waals surface area contributed by atoms with Crippen molar-refractivity contribution in [2.45, 2.75) is 11.1 Å². The molecule has 0 aliphatic rings. The number of ketones is 1. The molecular weight excluding hydrogens is 331 g/mol. The molecule has 0 spiro atoms. The standard InChI is InChI=1S/C15H12F3NO3S/c16-15(17,18)12-6-4-5-11(9-12)14(20)10-19-23(21,22)13-7-2-1-3-8-13/h1-9,19H,10H2. The Labute approximate surface area is 131 Å². The van der Waals surface area contributed by atoms with E-state index in [-0.39, 0.29) is 10.5 Å². The average Bonchev–Trinajstić information content (AvgIpc) is 2.53. The highest BCUT2D eigenvalue weighted by atomic mass is 32.2. The van der Waals surface area contributed by atoms with Crippen LogP contribution in [0.15, 0.2) is 59.5 Å². The molecule has 0 fully saturated rings. The number of carbonyl (C=O) groups is 1. The smallest absolute Gasteiger partial charge is 0.293 e. The number of sulfonamides is 1. The van der Waals surface area contributed by atoms with Gasteiger partial charge in [0.25, 0.3) is 0 Å². The van der Waals surface area contributed by atoms with Gasteiger partial charge in [-0.2, -0.15) is 13.2 Å². The summed E-state index contributed by atoms with van der Waals surface area (Å²) in [4.78, 5) is 11.9. The van der Waals surface area contributed by atoms with E-state index in [0.717, 1.165) is 12.1 Å². The Balaban J connectivity index is 2.12. The van der Waals surface area contributed by atoms with Crippen LogP contribution < -0.4 is 4.72 Å². The van der Waals surface area contributed by atoms with Gasteiger partial charge in [-0.3, -0.25) is 4.79 Å². The molecule has 0 amide bonds. The molecule has 0 aliphatic carbocycles. The number of hydrogen-bond donors (Lipinski definition) is 1. The minimum Gasteiger partial charge on any atom is -0.293 e. The fourth-order valence-corrected chi connectivity index (χ4v) is 2.82. The maximum absolute atomic E-state index is 12.6. The fraction of sp³-hybridized carbons (Fsp3) is 0.133. The number of Topliss-reactive ketones (excluding diaryl/α,β-unsaturated/α-hetero) is 1. The van der Waals surface area contributed by atoms with Gasteiger partial charge in [0.2, 0.25) is 10.0 Å². The second kappa shape index (κ2) is 6.51. The van der Waals surface area contributed by atoms with Crippen LogP contribution in [0.25, 0.3) is 0 Å².